The van der Waals surface area contributed by atoms with Gasteiger partial charge in [0.25, 0.3) is 0 Å². The van der Waals surface area contributed by atoms with E-state index in [1.165, 1.54) is 0 Å². The summed E-state index contributed by atoms with van der Waals surface area (Å²) in [5.74, 6) is 0.626. The van der Waals surface area contributed by atoms with Gasteiger partial charge in [-0.05, 0) is 55.8 Å². The first-order chi connectivity index (χ1) is 13.3. The standard InChI is InChI=1S/C21H25N3O4/c1-21(2,20(26)23-15-6-8-16(9-7-15)24(3)4)19(25)22-12-14-5-10-17-18(11-14)28-13-27-17/h5-11H,12-13H2,1-4H3,(H,22,25)(H,23,26). The molecule has 28 heavy (non-hydrogen) atoms. The summed E-state index contributed by atoms with van der Waals surface area (Å²) in [6.45, 7) is 3.70. The second-order valence-electron chi connectivity index (χ2n) is 7.39. The maximum Gasteiger partial charge on any atom is 0.239 e. The Morgan fingerprint density at radius 2 is 1.68 bits per heavy atom. The number of carbonyl (C=O) groups excluding carboxylic acids is 2. The highest BCUT2D eigenvalue weighted by Gasteiger charge is 2.36. The van der Waals surface area contributed by atoms with Crippen LogP contribution in [0.3, 0.4) is 0 Å². The summed E-state index contributed by atoms with van der Waals surface area (Å²) in [4.78, 5) is 27.2. The highest BCUT2D eigenvalue weighted by Crippen LogP contribution is 2.32. The Kier molecular flexibility index (Phi) is 5.44. The highest BCUT2D eigenvalue weighted by atomic mass is 16.7. The van der Waals surface area contributed by atoms with Gasteiger partial charge >= 0.3 is 0 Å². The van der Waals surface area contributed by atoms with Crippen LogP contribution >= 0.6 is 0 Å². The lowest BCUT2D eigenvalue weighted by Crippen LogP contribution is -2.44. The van der Waals surface area contributed by atoms with Crippen molar-refractivity contribution in [3.05, 3.63) is 48.0 Å². The zero-order valence-electron chi connectivity index (χ0n) is 16.5. The topological polar surface area (TPSA) is 79.9 Å². The molecule has 0 unspecified atom stereocenters. The van der Waals surface area contributed by atoms with Gasteiger partial charge in [0.05, 0.1) is 0 Å². The first-order valence-electron chi connectivity index (χ1n) is 9.03. The third-order valence-electron chi connectivity index (χ3n) is 4.67. The molecule has 1 heterocycles. The summed E-state index contributed by atoms with van der Waals surface area (Å²) in [7, 11) is 3.89. The second kappa shape index (κ2) is 7.80. The third kappa shape index (κ3) is 4.19. The average Bonchev–Trinajstić information content (AvgIpc) is 3.14. The molecule has 1 aliphatic heterocycles. The van der Waals surface area contributed by atoms with Crippen LogP contribution in [0.25, 0.3) is 0 Å². The number of benzene rings is 2. The lowest BCUT2D eigenvalue weighted by molar-refractivity contribution is -0.138. The molecule has 7 nitrogen and oxygen atoms in total. The lowest BCUT2D eigenvalue weighted by atomic mass is 9.90. The van der Waals surface area contributed by atoms with Crippen LogP contribution in [-0.4, -0.2) is 32.7 Å². The summed E-state index contributed by atoms with van der Waals surface area (Å²) in [5.41, 5.74) is 1.32. The number of carbonyl (C=O) groups is 2. The molecule has 0 aliphatic carbocycles. The Labute approximate surface area is 164 Å². The Hall–Kier alpha value is -3.22. The molecule has 0 saturated heterocycles. The fraction of sp³-hybridized carbons (Fsp3) is 0.333. The van der Waals surface area contributed by atoms with Crippen LogP contribution in [0, 0.1) is 5.41 Å². The maximum absolute atomic E-state index is 12.6. The van der Waals surface area contributed by atoms with E-state index in [-0.39, 0.29) is 18.6 Å². The molecule has 0 saturated carbocycles. The van der Waals surface area contributed by atoms with Gasteiger partial charge in [-0.1, -0.05) is 6.07 Å². The van der Waals surface area contributed by atoms with Gasteiger partial charge in [0.2, 0.25) is 18.6 Å². The normalized spacial score (nSPS) is 12.4. The van der Waals surface area contributed by atoms with E-state index in [9.17, 15) is 9.59 Å². The molecule has 0 radical (unpaired) electrons. The molecule has 148 valence electrons. The van der Waals surface area contributed by atoms with Crippen molar-refractivity contribution in [3.63, 3.8) is 0 Å². The van der Waals surface area contributed by atoms with Crippen LogP contribution < -0.4 is 25.0 Å². The fourth-order valence-corrected chi connectivity index (χ4v) is 2.69. The molecular formula is C21H25N3O4. The molecule has 0 aromatic heterocycles. The first-order valence-corrected chi connectivity index (χ1v) is 9.03. The number of hydrogen-bond acceptors (Lipinski definition) is 5. The molecule has 0 spiro atoms. The molecule has 0 fully saturated rings. The first kappa shape index (κ1) is 19.5. The molecule has 1 aliphatic rings. The number of anilines is 2. The van der Waals surface area contributed by atoms with Crippen LogP contribution in [0.2, 0.25) is 0 Å². The van der Waals surface area contributed by atoms with Crippen LogP contribution in [0.15, 0.2) is 42.5 Å². The van der Waals surface area contributed by atoms with Gasteiger partial charge in [-0.2, -0.15) is 0 Å². The van der Waals surface area contributed by atoms with E-state index >= 15 is 0 Å². The van der Waals surface area contributed by atoms with E-state index in [0.29, 0.717) is 23.7 Å². The van der Waals surface area contributed by atoms with Crippen molar-refractivity contribution >= 4 is 23.2 Å². The van der Waals surface area contributed by atoms with Crippen molar-refractivity contribution in [1.82, 2.24) is 5.32 Å². The van der Waals surface area contributed by atoms with Gasteiger partial charge in [-0.3, -0.25) is 9.59 Å². The Bertz CT molecular complexity index is 876. The van der Waals surface area contributed by atoms with Crippen molar-refractivity contribution < 1.29 is 19.1 Å². The second-order valence-corrected chi connectivity index (χ2v) is 7.39. The monoisotopic (exact) mass is 383 g/mol. The molecule has 2 N–H and O–H groups in total. The lowest BCUT2D eigenvalue weighted by Gasteiger charge is -2.23. The number of rotatable bonds is 6. The summed E-state index contributed by atoms with van der Waals surface area (Å²) >= 11 is 0. The quantitative estimate of drug-likeness (QED) is 0.750. The summed E-state index contributed by atoms with van der Waals surface area (Å²) in [6.07, 6.45) is 0. The minimum absolute atomic E-state index is 0.202. The number of ether oxygens (including phenoxy) is 2. The minimum atomic E-state index is -1.23. The number of hydrogen-bond donors (Lipinski definition) is 2. The van der Waals surface area contributed by atoms with Crippen LogP contribution in [-0.2, 0) is 16.1 Å². The van der Waals surface area contributed by atoms with Crippen molar-refractivity contribution in [2.24, 2.45) is 5.41 Å². The summed E-state index contributed by atoms with van der Waals surface area (Å²) < 4.78 is 10.6. The Balaban J connectivity index is 1.59. The van der Waals surface area contributed by atoms with Crippen molar-refractivity contribution in [2.75, 3.05) is 31.1 Å². The SMILES string of the molecule is CN(C)c1ccc(NC(=O)C(C)(C)C(=O)NCc2ccc3c(c2)OCO3)cc1. The van der Waals surface area contributed by atoms with Crippen LogP contribution in [0.1, 0.15) is 19.4 Å². The predicted molar refractivity (Wildman–Crippen MR) is 108 cm³/mol. The van der Waals surface area contributed by atoms with Gasteiger partial charge in [-0.15, -0.1) is 0 Å². The van der Waals surface area contributed by atoms with Crippen LogP contribution in [0.5, 0.6) is 11.5 Å². The van der Waals surface area contributed by atoms with Gasteiger partial charge in [-0.25, -0.2) is 0 Å². The molecule has 2 amide bonds. The molecule has 2 aromatic carbocycles. The van der Waals surface area contributed by atoms with E-state index < -0.39 is 5.41 Å². The van der Waals surface area contributed by atoms with E-state index in [4.69, 9.17) is 9.47 Å². The van der Waals surface area contributed by atoms with E-state index in [0.717, 1.165) is 11.3 Å². The molecular weight excluding hydrogens is 358 g/mol. The van der Waals surface area contributed by atoms with Gasteiger partial charge in [0, 0.05) is 32.0 Å². The number of amides is 2. The largest absolute Gasteiger partial charge is 0.454 e. The molecule has 0 atom stereocenters. The van der Waals surface area contributed by atoms with Crippen molar-refractivity contribution in [3.8, 4) is 11.5 Å². The molecule has 3 rings (SSSR count). The summed E-state index contributed by atoms with van der Waals surface area (Å²) in [5, 5.41) is 5.62. The molecule has 7 heteroatoms. The maximum atomic E-state index is 12.6. The number of nitrogens with zero attached hydrogens (tertiary/aromatic N) is 1. The van der Waals surface area contributed by atoms with Crippen LogP contribution in [0.4, 0.5) is 11.4 Å². The predicted octanol–water partition coefficient (Wildman–Crippen LogP) is 2.76. The Morgan fingerprint density at radius 1 is 1.00 bits per heavy atom. The smallest absolute Gasteiger partial charge is 0.239 e. The zero-order valence-corrected chi connectivity index (χ0v) is 16.5. The molecule has 2 aromatic rings. The van der Waals surface area contributed by atoms with E-state index in [1.54, 1.807) is 19.9 Å². The Morgan fingerprint density at radius 3 is 2.36 bits per heavy atom. The molecule has 0 bridgehead atoms. The van der Waals surface area contributed by atoms with Gasteiger partial charge < -0.3 is 25.0 Å². The average molecular weight is 383 g/mol. The third-order valence-corrected chi connectivity index (χ3v) is 4.67. The highest BCUT2D eigenvalue weighted by molar-refractivity contribution is 6.09. The zero-order chi connectivity index (χ0) is 20.3. The fourth-order valence-electron chi connectivity index (χ4n) is 2.69. The number of fused-ring (bicyclic) bond motifs is 1. The summed E-state index contributed by atoms with van der Waals surface area (Å²) in [6, 6.07) is 12.9. The van der Waals surface area contributed by atoms with E-state index in [2.05, 4.69) is 10.6 Å². The van der Waals surface area contributed by atoms with Crippen molar-refractivity contribution in [2.45, 2.75) is 20.4 Å². The van der Waals surface area contributed by atoms with Crippen molar-refractivity contribution in [1.29, 1.82) is 0 Å². The van der Waals surface area contributed by atoms with Gasteiger partial charge in [0.15, 0.2) is 11.5 Å². The minimum Gasteiger partial charge on any atom is -0.454 e. The van der Waals surface area contributed by atoms with E-state index in [1.807, 2.05) is 55.4 Å². The van der Waals surface area contributed by atoms with Gasteiger partial charge in [0.1, 0.15) is 5.41 Å². The number of nitrogens with one attached hydrogen (secondary N) is 2.